The predicted molar refractivity (Wildman–Crippen MR) is 84.5 cm³/mol. The van der Waals surface area contributed by atoms with Crippen LogP contribution in [0.15, 0.2) is 12.1 Å². The van der Waals surface area contributed by atoms with Gasteiger partial charge in [0, 0.05) is 32.2 Å². The van der Waals surface area contributed by atoms with Gasteiger partial charge in [0.05, 0.1) is 19.2 Å². The van der Waals surface area contributed by atoms with Crippen LogP contribution < -0.4 is 14.8 Å². The molecule has 1 aliphatic rings. The van der Waals surface area contributed by atoms with Crippen LogP contribution in [0.1, 0.15) is 12.5 Å². The molecule has 1 atom stereocenters. The van der Waals surface area contributed by atoms with E-state index in [-0.39, 0.29) is 12.4 Å². The number of ether oxygens (including phenoxy) is 2. The summed E-state index contributed by atoms with van der Waals surface area (Å²) in [4.78, 5) is 2.40. The van der Waals surface area contributed by atoms with Crippen molar-refractivity contribution >= 4 is 24.0 Å². The van der Waals surface area contributed by atoms with Gasteiger partial charge in [-0.2, -0.15) is 0 Å². The van der Waals surface area contributed by atoms with Crippen molar-refractivity contribution in [1.29, 1.82) is 0 Å². The van der Waals surface area contributed by atoms with Crippen LogP contribution in [0.3, 0.4) is 0 Å². The molecule has 1 aliphatic heterocycles. The average Bonchev–Trinajstić information content (AvgIpc) is 2.41. The normalized spacial score (nSPS) is 19.3. The van der Waals surface area contributed by atoms with Crippen molar-refractivity contribution < 1.29 is 9.47 Å². The number of rotatable bonds is 4. The van der Waals surface area contributed by atoms with Crippen LogP contribution in [0.2, 0.25) is 5.02 Å². The quantitative estimate of drug-likeness (QED) is 0.924. The Labute approximate surface area is 131 Å². The molecular formula is C14H22Cl2N2O2. The molecule has 4 nitrogen and oxygen atoms in total. The molecule has 0 saturated carbocycles. The van der Waals surface area contributed by atoms with Crippen molar-refractivity contribution in [2.45, 2.75) is 19.5 Å². The molecule has 0 unspecified atom stereocenters. The summed E-state index contributed by atoms with van der Waals surface area (Å²) in [5, 5.41) is 4.08. The molecule has 6 heteroatoms. The van der Waals surface area contributed by atoms with Crippen LogP contribution in [-0.4, -0.2) is 44.8 Å². The van der Waals surface area contributed by atoms with E-state index < -0.39 is 0 Å². The van der Waals surface area contributed by atoms with E-state index in [1.807, 2.05) is 12.1 Å². The lowest BCUT2D eigenvalue weighted by atomic mass is 10.1. The Morgan fingerprint density at radius 3 is 2.70 bits per heavy atom. The molecule has 1 fully saturated rings. The maximum atomic E-state index is 6.40. The maximum absolute atomic E-state index is 6.40. The van der Waals surface area contributed by atoms with E-state index >= 15 is 0 Å². The summed E-state index contributed by atoms with van der Waals surface area (Å²) < 4.78 is 10.6. The summed E-state index contributed by atoms with van der Waals surface area (Å²) in [5.74, 6) is 1.29. The van der Waals surface area contributed by atoms with Gasteiger partial charge in [0.15, 0.2) is 11.5 Å². The fourth-order valence-corrected chi connectivity index (χ4v) is 2.74. The van der Waals surface area contributed by atoms with E-state index in [2.05, 4.69) is 17.1 Å². The summed E-state index contributed by atoms with van der Waals surface area (Å²) in [7, 11) is 3.23. The lowest BCUT2D eigenvalue weighted by molar-refractivity contribution is 0.199. The van der Waals surface area contributed by atoms with E-state index in [1.54, 1.807) is 14.2 Å². The lowest BCUT2D eigenvalue weighted by Crippen LogP contribution is -2.48. The topological polar surface area (TPSA) is 33.7 Å². The van der Waals surface area contributed by atoms with Crippen molar-refractivity contribution in [3.8, 4) is 11.5 Å². The maximum Gasteiger partial charge on any atom is 0.179 e. The molecule has 1 N–H and O–H groups in total. The van der Waals surface area contributed by atoms with Crippen molar-refractivity contribution in [3.63, 3.8) is 0 Å². The van der Waals surface area contributed by atoms with Gasteiger partial charge in [0.1, 0.15) is 0 Å². The fraction of sp³-hybridized carbons (Fsp3) is 0.571. The standard InChI is InChI=1S/C14H21ClN2O2.ClH/c1-10-8-17(7-6-16-10)9-11-4-5-12(18-2)14(19-3)13(11)15;/h4-5,10,16H,6-9H2,1-3H3;1H/t10-;/m1./s1. The third kappa shape index (κ3) is 3.92. The van der Waals surface area contributed by atoms with Crippen molar-refractivity contribution in [2.24, 2.45) is 0 Å². The van der Waals surface area contributed by atoms with Crippen LogP contribution in [0.25, 0.3) is 0 Å². The van der Waals surface area contributed by atoms with Crippen LogP contribution in [0.4, 0.5) is 0 Å². The van der Waals surface area contributed by atoms with Gasteiger partial charge in [-0.1, -0.05) is 17.7 Å². The number of methoxy groups -OCH3 is 2. The summed E-state index contributed by atoms with van der Waals surface area (Å²) in [6.45, 7) is 6.12. The van der Waals surface area contributed by atoms with Gasteiger partial charge in [-0.3, -0.25) is 4.90 Å². The Morgan fingerprint density at radius 1 is 1.35 bits per heavy atom. The molecule has 0 amide bonds. The van der Waals surface area contributed by atoms with E-state index in [1.165, 1.54) is 0 Å². The van der Waals surface area contributed by atoms with E-state index in [4.69, 9.17) is 21.1 Å². The smallest absolute Gasteiger partial charge is 0.179 e. The molecule has 0 radical (unpaired) electrons. The predicted octanol–water partition coefficient (Wildman–Crippen LogP) is 2.57. The van der Waals surface area contributed by atoms with Gasteiger partial charge in [-0.15, -0.1) is 12.4 Å². The van der Waals surface area contributed by atoms with E-state index in [0.29, 0.717) is 22.6 Å². The van der Waals surface area contributed by atoms with Gasteiger partial charge in [-0.25, -0.2) is 0 Å². The first-order chi connectivity index (χ1) is 9.15. The van der Waals surface area contributed by atoms with Crippen molar-refractivity contribution in [1.82, 2.24) is 10.2 Å². The first-order valence-corrected chi connectivity index (χ1v) is 6.88. The van der Waals surface area contributed by atoms with Crippen LogP contribution in [0.5, 0.6) is 11.5 Å². The highest BCUT2D eigenvalue weighted by Crippen LogP contribution is 2.37. The second-order valence-corrected chi connectivity index (χ2v) is 5.24. The fourth-order valence-electron chi connectivity index (χ4n) is 2.45. The van der Waals surface area contributed by atoms with E-state index in [0.717, 1.165) is 31.7 Å². The molecular weight excluding hydrogens is 299 g/mol. The minimum Gasteiger partial charge on any atom is -0.493 e. The molecule has 0 aromatic heterocycles. The molecule has 114 valence electrons. The highest BCUT2D eigenvalue weighted by molar-refractivity contribution is 6.33. The number of hydrogen-bond acceptors (Lipinski definition) is 4. The van der Waals surface area contributed by atoms with E-state index in [9.17, 15) is 0 Å². The van der Waals surface area contributed by atoms with Gasteiger partial charge in [-0.05, 0) is 18.6 Å². The molecule has 1 aromatic rings. The highest BCUT2D eigenvalue weighted by Gasteiger charge is 2.19. The Bertz CT molecular complexity index is 443. The Kier molecular flexibility index (Phi) is 6.89. The number of nitrogens with zero attached hydrogens (tertiary/aromatic N) is 1. The second kappa shape index (κ2) is 7.93. The molecule has 0 aliphatic carbocycles. The molecule has 1 heterocycles. The Morgan fingerprint density at radius 2 is 2.10 bits per heavy atom. The minimum atomic E-state index is 0. The first kappa shape index (κ1) is 17.4. The molecule has 1 saturated heterocycles. The Hall–Kier alpha value is -0.680. The number of nitrogens with one attached hydrogen (secondary N) is 1. The SMILES string of the molecule is COc1ccc(CN2CCN[C@H](C)C2)c(Cl)c1OC.Cl. The van der Waals surface area contributed by atoms with Gasteiger partial charge in [0.25, 0.3) is 0 Å². The van der Waals surface area contributed by atoms with Crippen LogP contribution >= 0.6 is 24.0 Å². The summed E-state index contributed by atoms with van der Waals surface area (Å²) in [6, 6.07) is 4.44. The zero-order chi connectivity index (χ0) is 13.8. The van der Waals surface area contributed by atoms with Crippen molar-refractivity contribution in [3.05, 3.63) is 22.7 Å². The summed E-state index contributed by atoms with van der Waals surface area (Å²) >= 11 is 6.40. The largest absolute Gasteiger partial charge is 0.493 e. The molecule has 20 heavy (non-hydrogen) atoms. The van der Waals surface area contributed by atoms with Gasteiger partial charge in [0.2, 0.25) is 0 Å². The number of hydrogen-bond donors (Lipinski definition) is 1. The second-order valence-electron chi connectivity index (χ2n) is 4.86. The lowest BCUT2D eigenvalue weighted by Gasteiger charge is -2.32. The zero-order valence-electron chi connectivity index (χ0n) is 12.1. The minimum absolute atomic E-state index is 0. The summed E-state index contributed by atoms with van der Waals surface area (Å²) in [5.41, 5.74) is 1.08. The molecule has 1 aromatic carbocycles. The molecule has 0 spiro atoms. The van der Waals surface area contributed by atoms with Gasteiger partial charge < -0.3 is 14.8 Å². The molecule has 2 rings (SSSR count). The highest BCUT2D eigenvalue weighted by atomic mass is 35.5. The first-order valence-electron chi connectivity index (χ1n) is 6.50. The van der Waals surface area contributed by atoms with Crippen molar-refractivity contribution in [2.75, 3.05) is 33.9 Å². The number of benzene rings is 1. The van der Waals surface area contributed by atoms with Crippen LogP contribution in [0, 0.1) is 0 Å². The third-order valence-electron chi connectivity index (χ3n) is 3.41. The zero-order valence-corrected chi connectivity index (χ0v) is 13.7. The number of halogens is 2. The summed E-state index contributed by atoms with van der Waals surface area (Å²) in [6.07, 6.45) is 0. The monoisotopic (exact) mass is 320 g/mol. The third-order valence-corrected chi connectivity index (χ3v) is 3.83. The Balaban J connectivity index is 0.00000200. The average molecular weight is 321 g/mol. The molecule has 0 bridgehead atoms. The van der Waals surface area contributed by atoms with Gasteiger partial charge >= 0.3 is 0 Å². The number of piperazine rings is 1. The van der Waals surface area contributed by atoms with Crippen LogP contribution in [-0.2, 0) is 6.54 Å².